The SMILES string of the molecule is Cc1cccc(C(O)(c2cccc(C)c2)C2CC3CCN2CC3)c1. The summed E-state index contributed by atoms with van der Waals surface area (Å²) in [5, 5.41) is 12.1. The molecule has 2 bridgehead atoms. The quantitative estimate of drug-likeness (QED) is 0.923. The molecule has 0 aliphatic carbocycles. The standard InChI is InChI=1S/C22H27NO/c1-16-5-3-7-19(13-16)22(24,20-8-4-6-17(2)14-20)21-15-18-9-11-23(21)12-10-18/h3-8,13-14,18,21,24H,9-12,15H2,1-2H3. The minimum absolute atomic E-state index is 0.175. The Balaban J connectivity index is 1.86. The Morgan fingerprint density at radius 3 is 1.88 bits per heavy atom. The summed E-state index contributed by atoms with van der Waals surface area (Å²) in [5.41, 5.74) is 3.54. The van der Waals surface area contributed by atoms with Crippen molar-refractivity contribution < 1.29 is 5.11 Å². The van der Waals surface area contributed by atoms with Crippen LogP contribution in [0.2, 0.25) is 0 Å². The third-order valence-electron chi connectivity index (χ3n) is 6.05. The lowest BCUT2D eigenvalue weighted by Gasteiger charge is -2.52. The zero-order chi connectivity index (χ0) is 16.7. The van der Waals surface area contributed by atoms with Crippen molar-refractivity contribution >= 4 is 0 Å². The van der Waals surface area contributed by atoms with Crippen molar-refractivity contribution in [3.63, 3.8) is 0 Å². The van der Waals surface area contributed by atoms with Crippen LogP contribution in [0.1, 0.15) is 41.5 Å². The van der Waals surface area contributed by atoms with Crippen molar-refractivity contribution in [1.29, 1.82) is 0 Å². The van der Waals surface area contributed by atoms with Crippen molar-refractivity contribution in [1.82, 2.24) is 4.90 Å². The van der Waals surface area contributed by atoms with E-state index in [0.29, 0.717) is 0 Å². The summed E-state index contributed by atoms with van der Waals surface area (Å²) in [6, 6.07) is 17.0. The normalized spacial score (nSPS) is 26.5. The number of hydrogen-bond donors (Lipinski definition) is 1. The van der Waals surface area contributed by atoms with Crippen LogP contribution in [0.3, 0.4) is 0 Å². The fraction of sp³-hybridized carbons (Fsp3) is 0.455. The lowest BCUT2D eigenvalue weighted by molar-refractivity contribution is -0.0746. The average Bonchev–Trinajstić information content (AvgIpc) is 2.62. The van der Waals surface area contributed by atoms with E-state index in [9.17, 15) is 5.11 Å². The Labute approximate surface area is 145 Å². The van der Waals surface area contributed by atoms with E-state index >= 15 is 0 Å². The first kappa shape index (κ1) is 15.9. The van der Waals surface area contributed by atoms with Gasteiger partial charge in [-0.1, -0.05) is 59.7 Å². The summed E-state index contributed by atoms with van der Waals surface area (Å²) in [5.74, 6) is 0.765. The van der Waals surface area contributed by atoms with Gasteiger partial charge in [0.1, 0.15) is 5.60 Å². The third kappa shape index (κ3) is 2.58. The highest BCUT2D eigenvalue weighted by atomic mass is 16.3. The first-order valence-electron chi connectivity index (χ1n) is 9.18. The summed E-state index contributed by atoms with van der Waals surface area (Å²) in [7, 11) is 0. The highest BCUT2D eigenvalue weighted by Gasteiger charge is 2.48. The summed E-state index contributed by atoms with van der Waals surface area (Å²) in [6.07, 6.45) is 3.67. The van der Waals surface area contributed by atoms with Crippen molar-refractivity contribution in [3.8, 4) is 0 Å². The van der Waals surface area contributed by atoms with E-state index < -0.39 is 5.60 Å². The Bertz CT molecular complexity index is 685. The lowest BCUT2D eigenvalue weighted by Crippen LogP contribution is -2.58. The van der Waals surface area contributed by atoms with E-state index in [0.717, 1.165) is 36.6 Å². The van der Waals surface area contributed by atoms with Gasteiger partial charge in [0.2, 0.25) is 0 Å². The summed E-state index contributed by atoms with van der Waals surface area (Å²) >= 11 is 0. The Hall–Kier alpha value is -1.64. The van der Waals surface area contributed by atoms with Gasteiger partial charge in [0, 0.05) is 6.04 Å². The number of nitrogens with zero attached hydrogens (tertiary/aromatic N) is 1. The number of hydrogen-bond acceptors (Lipinski definition) is 2. The molecule has 3 saturated heterocycles. The largest absolute Gasteiger partial charge is 0.379 e. The number of piperidine rings is 3. The van der Waals surface area contributed by atoms with Gasteiger partial charge in [0.15, 0.2) is 0 Å². The molecule has 3 aliphatic heterocycles. The molecule has 1 atom stereocenters. The first-order chi connectivity index (χ1) is 11.6. The van der Waals surface area contributed by atoms with E-state index in [1.807, 2.05) is 0 Å². The van der Waals surface area contributed by atoms with E-state index in [4.69, 9.17) is 0 Å². The van der Waals surface area contributed by atoms with E-state index in [1.54, 1.807) is 0 Å². The maximum absolute atomic E-state index is 12.1. The molecule has 3 fully saturated rings. The Morgan fingerprint density at radius 2 is 1.46 bits per heavy atom. The first-order valence-corrected chi connectivity index (χ1v) is 9.18. The molecule has 3 heterocycles. The van der Waals surface area contributed by atoms with E-state index in [1.165, 1.54) is 24.0 Å². The van der Waals surface area contributed by atoms with Crippen molar-refractivity contribution in [2.75, 3.05) is 13.1 Å². The van der Waals surface area contributed by atoms with Crippen molar-refractivity contribution in [3.05, 3.63) is 70.8 Å². The number of benzene rings is 2. The predicted octanol–water partition coefficient (Wildman–Crippen LogP) is 4.02. The van der Waals surface area contributed by atoms with Crippen molar-refractivity contribution in [2.45, 2.75) is 44.8 Å². The van der Waals surface area contributed by atoms with Gasteiger partial charge >= 0.3 is 0 Å². The second-order valence-corrected chi connectivity index (χ2v) is 7.74. The van der Waals surface area contributed by atoms with Crippen LogP contribution >= 0.6 is 0 Å². The summed E-state index contributed by atoms with van der Waals surface area (Å²) < 4.78 is 0. The molecule has 5 rings (SSSR count). The Kier molecular flexibility index (Phi) is 3.98. The van der Waals surface area contributed by atoms with Gasteiger partial charge in [-0.15, -0.1) is 0 Å². The van der Waals surface area contributed by atoms with Crippen LogP contribution in [0.15, 0.2) is 48.5 Å². The summed E-state index contributed by atoms with van der Waals surface area (Å²) in [4.78, 5) is 2.52. The molecule has 3 aliphatic rings. The van der Waals surface area contributed by atoms with Gasteiger partial charge in [-0.25, -0.2) is 0 Å². The van der Waals surface area contributed by atoms with Crippen LogP contribution in [0.25, 0.3) is 0 Å². The maximum atomic E-state index is 12.1. The highest BCUT2D eigenvalue weighted by Crippen LogP contribution is 2.44. The van der Waals surface area contributed by atoms with Crippen LogP contribution in [0, 0.1) is 19.8 Å². The number of rotatable bonds is 3. The van der Waals surface area contributed by atoms with Gasteiger partial charge in [0.25, 0.3) is 0 Å². The molecule has 24 heavy (non-hydrogen) atoms. The van der Waals surface area contributed by atoms with E-state index in [-0.39, 0.29) is 6.04 Å². The number of aryl methyl sites for hydroxylation is 2. The molecule has 1 N–H and O–H groups in total. The van der Waals surface area contributed by atoms with Crippen LogP contribution in [-0.2, 0) is 5.60 Å². The van der Waals surface area contributed by atoms with E-state index in [2.05, 4.69) is 67.3 Å². The van der Waals surface area contributed by atoms with Crippen LogP contribution in [0.5, 0.6) is 0 Å². The highest BCUT2D eigenvalue weighted by molar-refractivity contribution is 5.41. The topological polar surface area (TPSA) is 23.5 Å². The van der Waals surface area contributed by atoms with Crippen molar-refractivity contribution in [2.24, 2.45) is 5.92 Å². The molecule has 0 aromatic heterocycles. The smallest absolute Gasteiger partial charge is 0.130 e. The maximum Gasteiger partial charge on any atom is 0.130 e. The molecule has 2 nitrogen and oxygen atoms in total. The molecular formula is C22H27NO. The zero-order valence-electron chi connectivity index (χ0n) is 14.7. The Morgan fingerprint density at radius 1 is 0.917 bits per heavy atom. The molecule has 0 saturated carbocycles. The van der Waals surface area contributed by atoms with Gasteiger partial charge < -0.3 is 5.11 Å². The van der Waals surface area contributed by atoms with Gasteiger partial charge in [-0.05, 0) is 63.2 Å². The molecule has 2 heteroatoms. The van der Waals surface area contributed by atoms with Crippen LogP contribution < -0.4 is 0 Å². The predicted molar refractivity (Wildman–Crippen MR) is 98.1 cm³/mol. The lowest BCUT2D eigenvalue weighted by atomic mass is 9.70. The molecule has 126 valence electrons. The van der Waals surface area contributed by atoms with Crippen LogP contribution in [0.4, 0.5) is 0 Å². The third-order valence-corrected chi connectivity index (χ3v) is 6.05. The average molecular weight is 321 g/mol. The fourth-order valence-electron chi connectivity index (χ4n) is 4.72. The molecule has 0 amide bonds. The number of aliphatic hydroxyl groups is 1. The second-order valence-electron chi connectivity index (χ2n) is 7.74. The molecule has 2 aromatic rings. The monoisotopic (exact) mass is 321 g/mol. The summed E-state index contributed by atoms with van der Waals surface area (Å²) in [6.45, 7) is 6.45. The minimum atomic E-state index is -0.933. The van der Waals surface area contributed by atoms with Crippen LogP contribution in [-0.4, -0.2) is 29.1 Å². The van der Waals surface area contributed by atoms with Gasteiger partial charge in [0.05, 0.1) is 0 Å². The molecular weight excluding hydrogens is 294 g/mol. The van der Waals surface area contributed by atoms with Gasteiger partial charge in [-0.2, -0.15) is 0 Å². The number of fused-ring (bicyclic) bond motifs is 3. The molecule has 0 spiro atoms. The second kappa shape index (κ2) is 6.02. The minimum Gasteiger partial charge on any atom is -0.379 e. The molecule has 0 radical (unpaired) electrons. The molecule has 1 unspecified atom stereocenters. The zero-order valence-corrected chi connectivity index (χ0v) is 14.7. The molecule has 2 aromatic carbocycles. The van der Waals surface area contributed by atoms with Gasteiger partial charge in [-0.3, -0.25) is 4.90 Å². The fourth-order valence-corrected chi connectivity index (χ4v) is 4.72.